The number of nitrogens with one attached hydrogen (secondary N) is 2. The summed E-state index contributed by atoms with van der Waals surface area (Å²) in [6.45, 7) is 4.95. The lowest BCUT2D eigenvalue weighted by Crippen LogP contribution is -2.65. The fourth-order valence-electron chi connectivity index (χ4n) is 4.89. The van der Waals surface area contributed by atoms with Crippen LogP contribution in [0.4, 0.5) is 0 Å². The number of hydrogen-bond acceptors (Lipinski definition) is 4. The molecule has 3 amide bonds. The highest BCUT2D eigenvalue weighted by molar-refractivity contribution is 6.07. The first kappa shape index (κ1) is 23.0. The molecule has 2 N–H and O–H groups in total. The molecule has 0 bridgehead atoms. The Morgan fingerprint density at radius 1 is 1.18 bits per heavy atom. The summed E-state index contributed by atoms with van der Waals surface area (Å²) < 4.78 is 1.66. The van der Waals surface area contributed by atoms with Crippen LogP contribution in [0.3, 0.4) is 0 Å². The number of carbonyl (C=O) groups is 3. The van der Waals surface area contributed by atoms with Gasteiger partial charge in [-0.2, -0.15) is 0 Å². The molecule has 4 rings (SSSR count). The van der Waals surface area contributed by atoms with Crippen molar-refractivity contribution in [1.82, 2.24) is 25.1 Å². The molecule has 0 saturated heterocycles. The molecule has 0 radical (unpaired) electrons. The van der Waals surface area contributed by atoms with Crippen LogP contribution >= 0.6 is 0 Å². The number of imidazole rings is 1. The van der Waals surface area contributed by atoms with Gasteiger partial charge in [-0.3, -0.25) is 14.4 Å². The molecule has 1 fully saturated rings. The minimum atomic E-state index is -1.02. The second-order valence-corrected chi connectivity index (χ2v) is 9.25. The predicted molar refractivity (Wildman–Crippen MR) is 125 cm³/mol. The second-order valence-electron chi connectivity index (χ2n) is 9.25. The van der Waals surface area contributed by atoms with E-state index in [0.717, 1.165) is 31.2 Å². The number of aromatic nitrogens is 2. The molecule has 176 valence electrons. The number of amides is 3. The van der Waals surface area contributed by atoms with Crippen LogP contribution < -0.4 is 10.6 Å². The van der Waals surface area contributed by atoms with E-state index in [-0.39, 0.29) is 41.7 Å². The molecule has 8 heteroatoms. The van der Waals surface area contributed by atoms with Gasteiger partial charge < -0.3 is 20.1 Å². The summed E-state index contributed by atoms with van der Waals surface area (Å²) in [5.74, 6) is -0.828. The van der Waals surface area contributed by atoms with Gasteiger partial charge >= 0.3 is 0 Å². The van der Waals surface area contributed by atoms with Gasteiger partial charge in [0.1, 0.15) is 11.2 Å². The minimum absolute atomic E-state index is 0.118. The number of nitrogens with zero attached hydrogens (tertiary/aromatic N) is 3. The Kier molecular flexibility index (Phi) is 6.81. The van der Waals surface area contributed by atoms with E-state index in [2.05, 4.69) is 15.6 Å². The van der Waals surface area contributed by atoms with Crippen molar-refractivity contribution in [2.45, 2.75) is 70.5 Å². The van der Waals surface area contributed by atoms with Crippen LogP contribution in [0.2, 0.25) is 0 Å². The molecule has 1 aromatic heterocycles. The number of fused-ring (bicyclic) bond motifs is 1. The van der Waals surface area contributed by atoms with Crippen molar-refractivity contribution >= 4 is 17.7 Å². The summed E-state index contributed by atoms with van der Waals surface area (Å²) in [6, 6.07) is 10.1. The summed E-state index contributed by atoms with van der Waals surface area (Å²) in [5.41, 5.74) is 0.475. The lowest BCUT2D eigenvalue weighted by molar-refractivity contribution is -0.133. The third kappa shape index (κ3) is 4.65. The lowest BCUT2D eigenvalue weighted by atomic mass is 9.93. The summed E-state index contributed by atoms with van der Waals surface area (Å²) in [5, 5.41) is 6.03. The van der Waals surface area contributed by atoms with E-state index in [4.69, 9.17) is 0 Å². The molecule has 0 spiro atoms. The Labute approximate surface area is 194 Å². The first-order valence-corrected chi connectivity index (χ1v) is 11.9. The maximum absolute atomic E-state index is 13.6. The lowest BCUT2D eigenvalue weighted by Gasteiger charge is -2.44. The van der Waals surface area contributed by atoms with E-state index >= 15 is 0 Å². The van der Waals surface area contributed by atoms with Gasteiger partial charge in [-0.15, -0.1) is 0 Å². The highest BCUT2D eigenvalue weighted by atomic mass is 16.2. The average molecular weight is 452 g/mol. The normalized spacial score (nSPS) is 20.5. The third-order valence-electron chi connectivity index (χ3n) is 6.74. The molecular formula is C25H33N5O3. The van der Waals surface area contributed by atoms with Crippen LogP contribution in [-0.4, -0.2) is 56.8 Å². The van der Waals surface area contributed by atoms with E-state index in [0.29, 0.717) is 25.9 Å². The largest absolute Gasteiger partial charge is 0.351 e. The minimum Gasteiger partial charge on any atom is -0.351 e. The summed E-state index contributed by atoms with van der Waals surface area (Å²) in [7, 11) is 0. The average Bonchev–Trinajstić information content (AvgIpc) is 3.47. The number of benzene rings is 1. The first-order chi connectivity index (χ1) is 15.9. The number of rotatable bonds is 8. The van der Waals surface area contributed by atoms with E-state index < -0.39 is 5.54 Å². The van der Waals surface area contributed by atoms with Gasteiger partial charge in [-0.25, -0.2) is 4.98 Å². The molecule has 1 aliphatic carbocycles. The van der Waals surface area contributed by atoms with Crippen LogP contribution in [0.1, 0.15) is 72.5 Å². The van der Waals surface area contributed by atoms with Gasteiger partial charge in [0, 0.05) is 19.1 Å². The van der Waals surface area contributed by atoms with Gasteiger partial charge in [-0.05, 0) is 38.2 Å². The SMILES string of the molecule is CCCN1C(=O)c2c(C(=O)NCCc3ccccc3)ncn2CC1(C)C(=O)NC1CCCC1. The molecule has 1 aliphatic heterocycles. The maximum Gasteiger partial charge on any atom is 0.273 e. The molecule has 2 heterocycles. The van der Waals surface area contributed by atoms with Crippen LogP contribution in [0, 0.1) is 0 Å². The van der Waals surface area contributed by atoms with Crippen LogP contribution in [0.5, 0.6) is 0 Å². The molecule has 1 saturated carbocycles. The zero-order valence-electron chi connectivity index (χ0n) is 19.5. The van der Waals surface area contributed by atoms with Crippen LogP contribution in [-0.2, 0) is 17.8 Å². The predicted octanol–water partition coefficient (Wildman–Crippen LogP) is 2.54. The summed E-state index contributed by atoms with van der Waals surface area (Å²) in [6.07, 6.45) is 7.11. The number of hydrogen-bond donors (Lipinski definition) is 2. The van der Waals surface area contributed by atoms with E-state index in [1.165, 1.54) is 6.33 Å². The Morgan fingerprint density at radius 2 is 1.91 bits per heavy atom. The zero-order chi connectivity index (χ0) is 23.4. The zero-order valence-corrected chi connectivity index (χ0v) is 19.5. The summed E-state index contributed by atoms with van der Waals surface area (Å²) >= 11 is 0. The van der Waals surface area contributed by atoms with Crippen molar-refractivity contribution in [3.05, 3.63) is 53.6 Å². The summed E-state index contributed by atoms with van der Waals surface area (Å²) in [4.78, 5) is 45.6. The molecule has 1 atom stereocenters. The standard InChI is InChI=1S/C25H33N5O3/c1-3-15-30-23(32)21-20(22(31)26-14-13-18-9-5-4-6-10-18)27-17-29(21)16-25(30,2)24(33)28-19-11-7-8-12-19/h4-6,9-10,17,19H,3,7-8,11-16H2,1-2H3,(H,26,31)(H,28,33). The van der Waals surface area contributed by atoms with Crippen molar-refractivity contribution in [2.75, 3.05) is 13.1 Å². The maximum atomic E-state index is 13.6. The van der Waals surface area contributed by atoms with Crippen molar-refractivity contribution < 1.29 is 14.4 Å². The van der Waals surface area contributed by atoms with E-state index in [1.807, 2.05) is 44.2 Å². The van der Waals surface area contributed by atoms with Crippen molar-refractivity contribution in [1.29, 1.82) is 0 Å². The van der Waals surface area contributed by atoms with Gasteiger partial charge in [0.25, 0.3) is 11.8 Å². The fraction of sp³-hybridized carbons (Fsp3) is 0.520. The van der Waals surface area contributed by atoms with Gasteiger partial charge in [0.15, 0.2) is 5.69 Å². The quantitative estimate of drug-likeness (QED) is 0.645. The highest BCUT2D eigenvalue weighted by Gasteiger charge is 2.48. The molecule has 8 nitrogen and oxygen atoms in total. The Bertz CT molecular complexity index is 1010. The van der Waals surface area contributed by atoms with E-state index in [1.54, 1.807) is 9.47 Å². The molecule has 2 aromatic rings. The Hall–Kier alpha value is -3.16. The van der Waals surface area contributed by atoms with E-state index in [9.17, 15) is 14.4 Å². The highest BCUT2D eigenvalue weighted by Crippen LogP contribution is 2.30. The second kappa shape index (κ2) is 9.77. The Morgan fingerprint density at radius 3 is 2.61 bits per heavy atom. The third-order valence-corrected chi connectivity index (χ3v) is 6.74. The molecule has 1 unspecified atom stereocenters. The molecular weight excluding hydrogens is 418 g/mol. The van der Waals surface area contributed by atoms with Crippen LogP contribution in [0.15, 0.2) is 36.7 Å². The topological polar surface area (TPSA) is 96.3 Å². The fourth-order valence-corrected chi connectivity index (χ4v) is 4.89. The van der Waals surface area contributed by atoms with Crippen molar-refractivity contribution in [3.8, 4) is 0 Å². The molecule has 2 aliphatic rings. The monoisotopic (exact) mass is 451 g/mol. The number of carbonyl (C=O) groups excluding carboxylic acids is 3. The van der Waals surface area contributed by atoms with Crippen molar-refractivity contribution in [2.24, 2.45) is 0 Å². The smallest absolute Gasteiger partial charge is 0.273 e. The van der Waals surface area contributed by atoms with Crippen LogP contribution in [0.25, 0.3) is 0 Å². The first-order valence-electron chi connectivity index (χ1n) is 11.9. The molecule has 33 heavy (non-hydrogen) atoms. The molecule has 1 aromatic carbocycles. The van der Waals surface area contributed by atoms with Gasteiger partial charge in [0.05, 0.1) is 12.9 Å². The Balaban J connectivity index is 1.51. The van der Waals surface area contributed by atoms with Gasteiger partial charge in [0.2, 0.25) is 5.91 Å². The van der Waals surface area contributed by atoms with Crippen molar-refractivity contribution in [3.63, 3.8) is 0 Å². The van der Waals surface area contributed by atoms with Gasteiger partial charge in [-0.1, -0.05) is 50.1 Å².